The summed E-state index contributed by atoms with van der Waals surface area (Å²) < 4.78 is 13.5. The van der Waals surface area contributed by atoms with E-state index in [1.54, 1.807) is 18.2 Å². The van der Waals surface area contributed by atoms with E-state index in [1.165, 1.54) is 12.1 Å². The van der Waals surface area contributed by atoms with E-state index in [0.29, 0.717) is 5.39 Å². The number of carbonyl (C=O) groups is 1. The second-order valence-corrected chi connectivity index (χ2v) is 4.05. The lowest BCUT2D eigenvalue weighted by Gasteiger charge is -2.04. The van der Waals surface area contributed by atoms with E-state index < -0.39 is 11.7 Å². The number of aromatic nitrogens is 2. The molecule has 0 atom stereocenters. The quantitative estimate of drug-likeness (QED) is 0.739. The number of aromatic amines is 1. The number of hydrogen-bond donors (Lipinski definition) is 2. The van der Waals surface area contributed by atoms with Gasteiger partial charge in [-0.3, -0.25) is 9.89 Å². The van der Waals surface area contributed by atoms with E-state index >= 15 is 0 Å². The Morgan fingerprint density at radius 3 is 2.68 bits per heavy atom. The first kappa shape index (κ1) is 11.4. The first-order chi connectivity index (χ1) is 9.25. The summed E-state index contributed by atoms with van der Waals surface area (Å²) in [5, 5.41) is 9.94. The topological polar surface area (TPSA) is 57.8 Å². The minimum absolute atomic E-state index is 0.139. The van der Waals surface area contributed by atoms with Gasteiger partial charge in [0, 0.05) is 5.39 Å². The SMILES string of the molecule is O=C(Nc1ccccc1F)c1n[nH]c2ccccc12. The van der Waals surface area contributed by atoms with Crippen LogP contribution >= 0.6 is 0 Å². The van der Waals surface area contributed by atoms with Crippen LogP contribution in [0.15, 0.2) is 48.5 Å². The standard InChI is InChI=1S/C14H10FN3O/c15-10-6-2-4-8-12(10)16-14(19)13-9-5-1-3-7-11(9)17-18-13/h1-8H,(H,16,19)(H,17,18). The van der Waals surface area contributed by atoms with Crippen LogP contribution in [0.2, 0.25) is 0 Å². The number of benzene rings is 2. The van der Waals surface area contributed by atoms with Crippen molar-refractivity contribution in [1.82, 2.24) is 10.2 Å². The molecular formula is C14H10FN3O. The summed E-state index contributed by atoms with van der Waals surface area (Å²) in [7, 11) is 0. The molecule has 0 radical (unpaired) electrons. The Morgan fingerprint density at radius 1 is 1.11 bits per heavy atom. The van der Waals surface area contributed by atoms with Crippen LogP contribution in [0.25, 0.3) is 10.9 Å². The van der Waals surface area contributed by atoms with Crippen molar-refractivity contribution in [2.24, 2.45) is 0 Å². The fourth-order valence-electron chi connectivity index (χ4n) is 1.88. The molecule has 2 aromatic carbocycles. The van der Waals surface area contributed by atoms with E-state index in [0.717, 1.165) is 5.52 Å². The lowest BCUT2D eigenvalue weighted by atomic mass is 10.2. The van der Waals surface area contributed by atoms with E-state index in [9.17, 15) is 9.18 Å². The Balaban J connectivity index is 1.95. The molecule has 0 unspecified atom stereocenters. The third-order valence-electron chi connectivity index (χ3n) is 2.81. The molecule has 0 saturated carbocycles. The molecule has 2 N–H and O–H groups in total. The summed E-state index contributed by atoms with van der Waals surface area (Å²) in [6, 6.07) is 13.3. The molecule has 0 spiro atoms. The van der Waals surface area contributed by atoms with Crippen molar-refractivity contribution in [2.75, 3.05) is 5.32 Å². The van der Waals surface area contributed by atoms with Crippen molar-refractivity contribution in [3.63, 3.8) is 0 Å². The van der Waals surface area contributed by atoms with Crippen LogP contribution in [0.1, 0.15) is 10.5 Å². The molecule has 1 heterocycles. The predicted molar refractivity (Wildman–Crippen MR) is 70.4 cm³/mol. The van der Waals surface area contributed by atoms with Gasteiger partial charge in [0.15, 0.2) is 5.69 Å². The van der Waals surface area contributed by atoms with Crippen LogP contribution in [0.3, 0.4) is 0 Å². The molecule has 1 aromatic heterocycles. The molecule has 3 rings (SSSR count). The molecule has 19 heavy (non-hydrogen) atoms. The highest BCUT2D eigenvalue weighted by molar-refractivity contribution is 6.11. The van der Waals surface area contributed by atoms with Gasteiger partial charge >= 0.3 is 0 Å². The smallest absolute Gasteiger partial charge is 0.276 e. The largest absolute Gasteiger partial charge is 0.318 e. The number of nitrogens with zero attached hydrogens (tertiary/aromatic N) is 1. The van der Waals surface area contributed by atoms with Gasteiger partial charge in [-0.25, -0.2) is 4.39 Å². The predicted octanol–water partition coefficient (Wildman–Crippen LogP) is 2.95. The summed E-state index contributed by atoms with van der Waals surface area (Å²) in [6.45, 7) is 0. The fraction of sp³-hybridized carbons (Fsp3) is 0. The van der Waals surface area contributed by atoms with Crippen molar-refractivity contribution in [3.05, 3.63) is 60.0 Å². The van der Waals surface area contributed by atoms with Crippen molar-refractivity contribution in [2.45, 2.75) is 0 Å². The van der Waals surface area contributed by atoms with Gasteiger partial charge in [0.2, 0.25) is 0 Å². The Morgan fingerprint density at radius 2 is 1.84 bits per heavy atom. The van der Waals surface area contributed by atoms with Gasteiger partial charge in [0.1, 0.15) is 5.82 Å². The second-order valence-electron chi connectivity index (χ2n) is 4.05. The minimum atomic E-state index is -0.476. The molecule has 0 aliphatic heterocycles. The number of amides is 1. The molecular weight excluding hydrogens is 245 g/mol. The van der Waals surface area contributed by atoms with E-state index in [-0.39, 0.29) is 11.4 Å². The van der Waals surface area contributed by atoms with Gasteiger partial charge < -0.3 is 5.32 Å². The molecule has 0 fully saturated rings. The van der Waals surface area contributed by atoms with Gasteiger partial charge in [-0.2, -0.15) is 5.10 Å². The highest BCUT2D eigenvalue weighted by Crippen LogP contribution is 2.18. The van der Waals surface area contributed by atoms with Crippen LogP contribution < -0.4 is 5.32 Å². The number of H-pyrrole nitrogens is 1. The van der Waals surface area contributed by atoms with Crippen LogP contribution in [0.5, 0.6) is 0 Å². The monoisotopic (exact) mass is 255 g/mol. The Kier molecular flexibility index (Phi) is 2.72. The molecule has 1 amide bonds. The highest BCUT2D eigenvalue weighted by atomic mass is 19.1. The number of anilines is 1. The average Bonchev–Trinajstić information content (AvgIpc) is 2.85. The van der Waals surface area contributed by atoms with Crippen molar-refractivity contribution in [3.8, 4) is 0 Å². The number of hydrogen-bond acceptors (Lipinski definition) is 2. The normalized spacial score (nSPS) is 10.6. The maximum atomic E-state index is 13.5. The molecule has 5 heteroatoms. The summed E-state index contributed by atoms with van der Waals surface area (Å²) in [5.74, 6) is -0.918. The molecule has 94 valence electrons. The molecule has 0 aliphatic carbocycles. The summed E-state index contributed by atoms with van der Waals surface area (Å²) in [5.41, 5.74) is 1.15. The third-order valence-corrected chi connectivity index (χ3v) is 2.81. The first-order valence-corrected chi connectivity index (χ1v) is 5.75. The third kappa shape index (κ3) is 2.06. The first-order valence-electron chi connectivity index (χ1n) is 5.75. The number of fused-ring (bicyclic) bond motifs is 1. The van der Waals surface area contributed by atoms with Crippen LogP contribution in [0, 0.1) is 5.82 Å². The van der Waals surface area contributed by atoms with Crippen molar-refractivity contribution in [1.29, 1.82) is 0 Å². The van der Waals surface area contributed by atoms with Crippen molar-refractivity contribution >= 4 is 22.5 Å². The van der Waals surface area contributed by atoms with Gasteiger partial charge in [-0.1, -0.05) is 30.3 Å². The highest BCUT2D eigenvalue weighted by Gasteiger charge is 2.15. The number of nitrogens with one attached hydrogen (secondary N) is 2. The summed E-state index contributed by atoms with van der Waals surface area (Å²) >= 11 is 0. The van der Waals surface area contributed by atoms with E-state index in [2.05, 4.69) is 15.5 Å². The molecule has 0 bridgehead atoms. The maximum absolute atomic E-state index is 13.5. The van der Waals surface area contributed by atoms with Crippen LogP contribution in [0.4, 0.5) is 10.1 Å². The molecule has 0 saturated heterocycles. The van der Waals surface area contributed by atoms with E-state index in [4.69, 9.17) is 0 Å². The van der Waals surface area contributed by atoms with E-state index in [1.807, 2.05) is 18.2 Å². The maximum Gasteiger partial charge on any atom is 0.276 e. The van der Waals surface area contributed by atoms with Crippen molar-refractivity contribution < 1.29 is 9.18 Å². The molecule has 0 aliphatic rings. The number of para-hydroxylation sites is 2. The average molecular weight is 255 g/mol. The fourth-order valence-corrected chi connectivity index (χ4v) is 1.88. The van der Waals surface area contributed by atoms with Gasteiger partial charge in [0.05, 0.1) is 11.2 Å². The van der Waals surface area contributed by atoms with Gasteiger partial charge in [-0.15, -0.1) is 0 Å². The van der Waals surface area contributed by atoms with Crippen LogP contribution in [-0.2, 0) is 0 Å². The molecule has 3 aromatic rings. The lowest BCUT2D eigenvalue weighted by molar-refractivity contribution is 0.102. The summed E-state index contributed by atoms with van der Waals surface area (Å²) in [4.78, 5) is 12.1. The zero-order chi connectivity index (χ0) is 13.2. The molecule has 4 nitrogen and oxygen atoms in total. The van der Waals surface area contributed by atoms with Gasteiger partial charge in [0.25, 0.3) is 5.91 Å². The Bertz CT molecular complexity index is 751. The number of rotatable bonds is 2. The summed E-state index contributed by atoms with van der Waals surface area (Å²) in [6.07, 6.45) is 0. The van der Waals surface area contributed by atoms with Gasteiger partial charge in [-0.05, 0) is 18.2 Å². The Labute approximate surface area is 108 Å². The van der Waals surface area contributed by atoms with Crippen LogP contribution in [-0.4, -0.2) is 16.1 Å². The second kappa shape index (κ2) is 4.53. The lowest BCUT2D eigenvalue weighted by Crippen LogP contribution is -2.13. The Hall–Kier alpha value is -2.69. The number of carbonyl (C=O) groups excluding carboxylic acids is 1. The number of halogens is 1. The zero-order valence-corrected chi connectivity index (χ0v) is 9.85. The minimum Gasteiger partial charge on any atom is -0.318 e. The zero-order valence-electron chi connectivity index (χ0n) is 9.85.